The van der Waals surface area contributed by atoms with Gasteiger partial charge in [-0.3, -0.25) is 4.79 Å². The molecule has 0 aliphatic heterocycles. The number of hydrogen-bond donors (Lipinski definition) is 2. The van der Waals surface area contributed by atoms with Crippen molar-refractivity contribution < 1.29 is 4.79 Å². The summed E-state index contributed by atoms with van der Waals surface area (Å²) >= 11 is 0. The number of aromatic nitrogens is 1. The van der Waals surface area contributed by atoms with E-state index in [-0.39, 0.29) is 11.9 Å². The Kier molecular flexibility index (Phi) is 4.00. The van der Waals surface area contributed by atoms with Crippen molar-refractivity contribution in [2.75, 3.05) is 0 Å². The lowest BCUT2D eigenvalue weighted by molar-refractivity contribution is 0.0935. The molecule has 0 unspecified atom stereocenters. The Balaban J connectivity index is 1.91. The van der Waals surface area contributed by atoms with E-state index in [1.807, 2.05) is 6.07 Å². The Bertz CT molecular complexity index is 653. The number of benzene rings is 1. The van der Waals surface area contributed by atoms with Gasteiger partial charge in [0.15, 0.2) is 0 Å². The Hall–Kier alpha value is -1.77. The SMILES string of the molecule is CCC(CC)NC(=O)c1ccc2[nH]c3c(c2c1)CCCC3. The monoisotopic (exact) mass is 284 g/mol. The lowest BCUT2D eigenvalue weighted by atomic mass is 9.95. The summed E-state index contributed by atoms with van der Waals surface area (Å²) in [5.74, 6) is 0.0522. The third-order valence-electron chi connectivity index (χ3n) is 4.68. The molecule has 2 N–H and O–H groups in total. The van der Waals surface area contributed by atoms with Gasteiger partial charge < -0.3 is 10.3 Å². The normalized spacial score (nSPS) is 14.4. The van der Waals surface area contributed by atoms with Crippen LogP contribution in [0.25, 0.3) is 10.9 Å². The summed E-state index contributed by atoms with van der Waals surface area (Å²) in [7, 11) is 0. The lowest BCUT2D eigenvalue weighted by Gasteiger charge is -2.15. The second-order valence-electron chi connectivity index (χ2n) is 6.04. The molecule has 0 spiro atoms. The summed E-state index contributed by atoms with van der Waals surface area (Å²) in [6.45, 7) is 4.22. The number of carbonyl (C=O) groups is 1. The van der Waals surface area contributed by atoms with Crippen molar-refractivity contribution in [3.05, 3.63) is 35.0 Å². The maximum absolute atomic E-state index is 12.4. The van der Waals surface area contributed by atoms with Gasteiger partial charge in [-0.25, -0.2) is 0 Å². The number of hydrogen-bond acceptors (Lipinski definition) is 1. The van der Waals surface area contributed by atoms with E-state index in [4.69, 9.17) is 0 Å². The van der Waals surface area contributed by atoms with E-state index < -0.39 is 0 Å². The van der Waals surface area contributed by atoms with Crippen molar-refractivity contribution in [2.45, 2.75) is 58.4 Å². The van der Waals surface area contributed by atoms with E-state index in [0.717, 1.165) is 31.2 Å². The molecule has 0 fully saturated rings. The van der Waals surface area contributed by atoms with E-state index in [2.05, 4.69) is 36.3 Å². The minimum Gasteiger partial charge on any atom is -0.358 e. The molecule has 1 amide bonds. The highest BCUT2D eigenvalue weighted by molar-refractivity contribution is 5.99. The Labute approximate surface area is 126 Å². The zero-order valence-electron chi connectivity index (χ0n) is 13.0. The molecule has 3 heteroatoms. The lowest BCUT2D eigenvalue weighted by Crippen LogP contribution is -2.33. The summed E-state index contributed by atoms with van der Waals surface area (Å²) in [5.41, 5.74) is 4.74. The molecule has 1 aliphatic carbocycles. The number of amides is 1. The molecule has 1 aromatic carbocycles. The zero-order chi connectivity index (χ0) is 14.8. The van der Waals surface area contributed by atoms with Crippen molar-refractivity contribution in [3.63, 3.8) is 0 Å². The van der Waals surface area contributed by atoms with Gasteiger partial charge in [0.25, 0.3) is 5.91 Å². The van der Waals surface area contributed by atoms with Gasteiger partial charge >= 0.3 is 0 Å². The third kappa shape index (κ3) is 2.69. The van der Waals surface area contributed by atoms with Crippen LogP contribution in [0.2, 0.25) is 0 Å². The van der Waals surface area contributed by atoms with Crippen LogP contribution in [0.15, 0.2) is 18.2 Å². The molecule has 1 aromatic heterocycles. The molecule has 0 saturated carbocycles. The first kappa shape index (κ1) is 14.2. The second-order valence-corrected chi connectivity index (χ2v) is 6.04. The molecule has 0 bridgehead atoms. The minimum atomic E-state index is 0.0522. The second kappa shape index (κ2) is 5.92. The summed E-state index contributed by atoms with van der Waals surface area (Å²) in [6, 6.07) is 6.32. The topological polar surface area (TPSA) is 44.9 Å². The van der Waals surface area contributed by atoms with Crippen LogP contribution in [0.1, 0.15) is 61.1 Å². The number of nitrogens with one attached hydrogen (secondary N) is 2. The van der Waals surface area contributed by atoms with Crippen LogP contribution in [0.4, 0.5) is 0 Å². The van der Waals surface area contributed by atoms with Crippen LogP contribution in [0, 0.1) is 0 Å². The highest BCUT2D eigenvalue weighted by Gasteiger charge is 2.17. The standard InChI is InChI=1S/C18H24N2O/c1-3-13(4-2)19-18(21)12-9-10-17-15(11-12)14-7-5-6-8-16(14)20-17/h9-11,13,20H,3-8H2,1-2H3,(H,19,21). The number of H-pyrrole nitrogens is 1. The molecule has 0 atom stereocenters. The number of fused-ring (bicyclic) bond motifs is 3. The molecule has 3 nitrogen and oxygen atoms in total. The van der Waals surface area contributed by atoms with E-state index in [1.54, 1.807) is 0 Å². The largest absolute Gasteiger partial charge is 0.358 e. The third-order valence-corrected chi connectivity index (χ3v) is 4.68. The van der Waals surface area contributed by atoms with E-state index in [9.17, 15) is 4.79 Å². The highest BCUT2D eigenvalue weighted by Crippen LogP contribution is 2.29. The maximum atomic E-state index is 12.4. The Morgan fingerprint density at radius 1 is 1.24 bits per heavy atom. The van der Waals surface area contributed by atoms with Gasteiger partial charge in [-0.05, 0) is 62.3 Å². The van der Waals surface area contributed by atoms with Gasteiger partial charge in [0.2, 0.25) is 0 Å². The fraction of sp³-hybridized carbons (Fsp3) is 0.500. The molecular formula is C18H24N2O. The molecule has 1 aliphatic rings. The smallest absolute Gasteiger partial charge is 0.251 e. The maximum Gasteiger partial charge on any atom is 0.251 e. The van der Waals surface area contributed by atoms with Gasteiger partial charge in [-0.15, -0.1) is 0 Å². The average molecular weight is 284 g/mol. The van der Waals surface area contributed by atoms with Crippen molar-refractivity contribution in [3.8, 4) is 0 Å². The summed E-state index contributed by atoms with van der Waals surface area (Å²) < 4.78 is 0. The summed E-state index contributed by atoms with van der Waals surface area (Å²) in [4.78, 5) is 15.9. The zero-order valence-corrected chi connectivity index (χ0v) is 13.0. The van der Waals surface area contributed by atoms with Gasteiger partial charge in [0, 0.05) is 28.2 Å². The number of aryl methyl sites for hydroxylation is 2. The van der Waals surface area contributed by atoms with Crippen LogP contribution in [-0.2, 0) is 12.8 Å². The van der Waals surface area contributed by atoms with Gasteiger partial charge in [-0.2, -0.15) is 0 Å². The fourth-order valence-corrected chi connectivity index (χ4v) is 3.31. The number of rotatable bonds is 4. The molecule has 1 heterocycles. The van der Waals surface area contributed by atoms with Crippen molar-refractivity contribution >= 4 is 16.8 Å². The summed E-state index contributed by atoms with van der Waals surface area (Å²) in [5, 5.41) is 4.36. The minimum absolute atomic E-state index is 0.0522. The summed E-state index contributed by atoms with van der Waals surface area (Å²) in [6.07, 6.45) is 6.74. The van der Waals surface area contributed by atoms with Gasteiger partial charge in [-0.1, -0.05) is 13.8 Å². The Morgan fingerprint density at radius 3 is 2.76 bits per heavy atom. The Morgan fingerprint density at radius 2 is 2.00 bits per heavy atom. The van der Waals surface area contributed by atoms with Crippen LogP contribution in [-0.4, -0.2) is 16.9 Å². The van der Waals surface area contributed by atoms with Crippen molar-refractivity contribution in [2.24, 2.45) is 0 Å². The molecule has 2 aromatic rings. The van der Waals surface area contributed by atoms with Gasteiger partial charge in [0.05, 0.1) is 0 Å². The fourth-order valence-electron chi connectivity index (χ4n) is 3.31. The van der Waals surface area contributed by atoms with Crippen molar-refractivity contribution in [1.29, 1.82) is 0 Å². The predicted octanol–water partition coefficient (Wildman–Crippen LogP) is 3.97. The predicted molar refractivity (Wildman–Crippen MR) is 86.8 cm³/mol. The molecular weight excluding hydrogens is 260 g/mol. The molecule has 112 valence electrons. The van der Waals surface area contributed by atoms with E-state index >= 15 is 0 Å². The molecule has 0 radical (unpaired) electrons. The molecule has 3 rings (SSSR count). The van der Waals surface area contributed by atoms with Crippen molar-refractivity contribution in [1.82, 2.24) is 10.3 Å². The highest BCUT2D eigenvalue weighted by atomic mass is 16.1. The van der Waals surface area contributed by atoms with Crippen LogP contribution in [0.5, 0.6) is 0 Å². The molecule has 0 saturated heterocycles. The van der Waals surface area contributed by atoms with E-state index in [0.29, 0.717) is 0 Å². The van der Waals surface area contributed by atoms with Crippen LogP contribution >= 0.6 is 0 Å². The average Bonchev–Trinajstić information content (AvgIpc) is 2.90. The quantitative estimate of drug-likeness (QED) is 0.877. The van der Waals surface area contributed by atoms with Crippen LogP contribution in [0.3, 0.4) is 0 Å². The number of aromatic amines is 1. The first-order valence-corrected chi connectivity index (χ1v) is 8.17. The first-order chi connectivity index (χ1) is 10.2. The molecule has 21 heavy (non-hydrogen) atoms. The first-order valence-electron chi connectivity index (χ1n) is 8.17. The number of carbonyl (C=O) groups excluding carboxylic acids is 1. The van der Waals surface area contributed by atoms with E-state index in [1.165, 1.54) is 35.0 Å². The van der Waals surface area contributed by atoms with Crippen LogP contribution < -0.4 is 5.32 Å². The van der Waals surface area contributed by atoms with Gasteiger partial charge in [0.1, 0.15) is 0 Å².